The Morgan fingerprint density at radius 3 is 2.39 bits per heavy atom. The van der Waals surface area contributed by atoms with E-state index in [0.29, 0.717) is 25.7 Å². The number of carbonyl (C=O) groups excluding carboxylic acids is 2. The normalized spacial score (nSPS) is 52.6. The number of Topliss-reactive ketones (excluding diaryl/α,β-unsaturated/α-hetero) is 2. The number of hydrogen-bond donors (Lipinski definition) is 6. The van der Waals surface area contributed by atoms with Gasteiger partial charge in [-0.15, -0.1) is 0 Å². The van der Waals surface area contributed by atoms with Crippen molar-refractivity contribution in [1.29, 1.82) is 0 Å². The van der Waals surface area contributed by atoms with Crippen LogP contribution in [0, 0.1) is 34.5 Å². The van der Waals surface area contributed by atoms with E-state index in [0.717, 1.165) is 12.8 Å². The number of aliphatic hydroxyl groups is 5. The summed E-state index contributed by atoms with van der Waals surface area (Å²) in [7, 11) is 0. The summed E-state index contributed by atoms with van der Waals surface area (Å²) in [6.45, 7) is 3.22. The van der Waals surface area contributed by atoms with Crippen LogP contribution in [0.3, 0.4) is 0 Å². The number of aliphatic carboxylic acids is 1. The fourth-order valence-corrected chi connectivity index (χ4v) is 9.10. The van der Waals surface area contributed by atoms with E-state index in [1.165, 1.54) is 0 Å². The van der Waals surface area contributed by atoms with Gasteiger partial charge < -0.3 is 40.1 Å². The largest absolute Gasteiger partial charge is 0.479 e. The molecule has 0 spiro atoms. The number of rotatable bonds is 5. The highest BCUT2D eigenvalue weighted by molar-refractivity contribution is 5.92. The molecule has 5 fully saturated rings. The second kappa shape index (κ2) is 9.57. The lowest BCUT2D eigenvalue weighted by Gasteiger charge is -2.60. The third kappa shape index (κ3) is 3.92. The van der Waals surface area contributed by atoms with Crippen molar-refractivity contribution in [3.05, 3.63) is 0 Å². The van der Waals surface area contributed by atoms with Gasteiger partial charge in [0.15, 0.2) is 18.2 Å². The first kappa shape index (κ1) is 28.1. The Bertz CT molecular complexity index is 986. The van der Waals surface area contributed by atoms with Gasteiger partial charge in [0, 0.05) is 17.8 Å². The Hall–Kier alpha value is -1.47. The molecule has 5 rings (SSSR count). The van der Waals surface area contributed by atoms with Crippen LogP contribution in [0.4, 0.5) is 0 Å². The van der Waals surface area contributed by atoms with Crippen molar-refractivity contribution in [2.24, 2.45) is 34.5 Å². The van der Waals surface area contributed by atoms with E-state index in [9.17, 15) is 45.0 Å². The van der Waals surface area contributed by atoms with Crippen molar-refractivity contribution in [2.75, 3.05) is 6.61 Å². The first-order valence-electron chi connectivity index (χ1n) is 13.8. The molecule has 11 heteroatoms. The van der Waals surface area contributed by atoms with E-state index in [1.807, 2.05) is 6.92 Å². The number of hydrogen-bond acceptors (Lipinski definition) is 10. The Labute approximate surface area is 221 Å². The molecule has 0 bridgehead atoms. The van der Waals surface area contributed by atoms with Crippen LogP contribution in [-0.4, -0.2) is 97.2 Å². The zero-order chi connectivity index (χ0) is 27.8. The molecule has 13 atom stereocenters. The lowest BCUT2D eigenvalue weighted by atomic mass is 9.44. The number of carboxylic acids is 1. The second-order valence-corrected chi connectivity index (χ2v) is 12.8. The standard InChI is InChI=1S/C27H40O11/c1-25-7-5-13(37-24-21(33)19(31)20(32)22(38-24)23(34)35)9-12(25)3-4-14-15-6-8-27(36,17(30)11-28)26(15,2)10-16(29)18(14)25/h12-15,18-22,24,28,31-33,36H,3-11H2,1-2H3,(H,34,35)/t12-,13+,14-,15-,18+,19-,20+,21-,22-,24+,25-,26+,27+/m0/s1. The van der Waals surface area contributed by atoms with Crippen molar-refractivity contribution < 1.29 is 54.5 Å². The number of aliphatic hydroxyl groups excluding tert-OH is 4. The predicted octanol–water partition coefficient (Wildman–Crippen LogP) is -0.222. The van der Waals surface area contributed by atoms with Gasteiger partial charge in [-0.1, -0.05) is 13.8 Å². The molecule has 6 N–H and O–H groups in total. The van der Waals surface area contributed by atoms with Crippen LogP contribution in [0.25, 0.3) is 0 Å². The fourth-order valence-electron chi connectivity index (χ4n) is 9.10. The Morgan fingerprint density at radius 1 is 1.03 bits per heavy atom. The van der Waals surface area contributed by atoms with Crippen LogP contribution in [-0.2, 0) is 23.9 Å². The highest BCUT2D eigenvalue weighted by atomic mass is 16.7. The molecule has 4 saturated carbocycles. The summed E-state index contributed by atoms with van der Waals surface area (Å²) in [6, 6.07) is 0. The molecule has 5 aliphatic rings. The molecule has 1 aliphatic heterocycles. The van der Waals surface area contributed by atoms with Gasteiger partial charge in [0.25, 0.3) is 0 Å². The van der Waals surface area contributed by atoms with Crippen LogP contribution in [0.15, 0.2) is 0 Å². The van der Waals surface area contributed by atoms with Gasteiger partial charge in [-0.2, -0.15) is 0 Å². The Kier molecular flexibility index (Phi) is 7.07. The molecule has 11 nitrogen and oxygen atoms in total. The minimum absolute atomic E-state index is 0.00380. The zero-order valence-corrected chi connectivity index (χ0v) is 21.9. The topological polar surface area (TPSA) is 191 Å². The van der Waals surface area contributed by atoms with Crippen molar-refractivity contribution >= 4 is 17.5 Å². The van der Waals surface area contributed by atoms with Gasteiger partial charge in [0.1, 0.15) is 36.3 Å². The lowest BCUT2D eigenvalue weighted by Crippen LogP contribution is -2.63. The highest BCUT2D eigenvalue weighted by Gasteiger charge is 2.69. The van der Waals surface area contributed by atoms with Crippen LogP contribution in [0.1, 0.15) is 65.2 Å². The third-order valence-electron chi connectivity index (χ3n) is 11.2. The predicted molar refractivity (Wildman–Crippen MR) is 128 cm³/mol. The highest BCUT2D eigenvalue weighted by Crippen LogP contribution is 2.67. The molecule has 1 saturated heterocycles. The maximum atomic E-state index is 13.8. The minimum Gasteiger partial charge on any atom is -0.479 e. The maximum Gasteiger partial charge on any atom is 0.335 e. The summed E-state index contributed by atoms with van der Waals surface area (Å²) in [5.41, 5.74) is -2.90. The summed E-state index contributed by atoms with van der Waals surface area (Å²) in [4.78, 5) is 37.8. The molecule has 0 amide bonds. The Balaban J connectivity index is 1.31. The van der Waals surface area contributed by atoms with E-state index in [2.05, 4.69) is 6.92 Å². The Morgan fingerprint density at radius 2 is 1.74 bits per heavy atom. The third-order valence-corrected chi connectivity index (χ3v) is 11.2. The van der Waals surface area contributed by atoms with Crippen LogP contribution >= 0.6 is 0 Å². The quantitative estimate of drug-likeness (QED) is 0.253. The molecule has 0 aromatic heterocycles. The summed E-state index contributed by atoms with van der Waals surface area (Å²) in [5.74, 6) is -2.06. The summed E-state index contributed by atoms with van der Waals surface area (Å²) in [5, 5.41) is 60.6. The molecule has 214 valence electrons. The van der Waals surface area contributed by atoms with Crippen molar-refractivity contribution in [2.45, 2.75) is 108 Å². The van der Waals surface area contributed by atoms with E-state index in [-0.39, 0.29) is 53.8 Å². The van der Waals surface area contributed by atoms with Crippen molar-refractivity contribution in [1.82, 2.24) is 0 Å². The van der Waals surface area contributed by atoms with E-state index in [1.54, 1.807) is 0 Å². The van der Waals surface area contributed by atoms with Crippen LogP contribution < -0.4 is 0 Å². The van der Waals surface area contributed by atoms with Gasteiger partial charge in [-0.05, 0) is 68.1 Å². The van der Waals surface area contributed by atoms with Gasteiger partial charge in [0.2, 0.25) is 0 Å². The first-order chi connectivity index (χ1) is 17.8. The monoisotopic (exact) mass is 540 g/mol. The number of fused-ring (bicyclic) bond motifs is 5. The average molecular weight is 541 g/mol. The van der Waals surface area contributed by atoms with Crippen LogP contribution in [0.2, 0.25) is 0 Å². The molecule has 1 heterocycles. The molecular weight excluding hydrogens is 500 g/mol. The molecular formula is C27H40O11. The second-order valence-electron chi connectivity index (χ2n) is 12.8. The van der Waals surface area contributed by atoms with E-state index >= 15 is 0 Å². The molecule has 4 aliphatic carbocycles. The zero-order valence-electron chi connectivity index (χ0n) is 21.9. The fraction of sp³-hybridized carbons (Fsp3) is 0.889. The van der Waals surface area contributed by atoms with Gasteiger partial charge in [0.05, 0.1) is 6.10 Å². The van der Waals surface area contributed by atoms with Gasteiger partial charge >= 0.3 is 5.97 Å². The van der Waals surface area contributed by atoms with Gasteiger partial charge in [-0.25, -0.2) is 4.79 Å². The SMILES string of the molecule is C[C@]12CC[C@@H](O[C@@H]3O[C@H](C(=O)O)[C@H](O)[C@H](O)[C@@H]3O)C[C@@H]1CC[C@@H]1[C@@H]2C(=O)C[C@]2(C)[C@H]1CC[C@@]2(O)C(=O)CO. The summed E-state index contributed by atoms with van der Waals surface area (Å²) < 4.78 is 11.3. The van der Waals surface area contributed by atoms with Gasteiger partial charge in [-0.3, -0.25) is 9.59 Å². The van der Waals surface area contributed by atoms with Crippen molar-refractivity contribution in [3.8, 4) is 0 Å². The number of carboxylic acid groups (broad SMARTS) is 1. The smallest absolute Gasteiger partial charge is 0.335 e. The lowest BCUT2D eigenvalue weighted by molar-refractivity contribution is -0.309. The molecule has 0 aromatic rings. The average Bonchev–Trinajstić information content (AvgIpc) is 3.14. The number of ketones is 2. The molecule has 0 radical (unpaired) electrons. The number of ether oxygens (including phenoxy) is 2. The summed E-state index contributed by atoms with van der Waals surface area (Å²) in [6.07, 6.45) is -4.28. The minimum atomic E-state index is -1.78. The van der Waals surface area contributed by atoms with Crippen molar-refractivity contribution in [3.63, 3.8) is 0 Å². The first-order valence-corrected chi connectivity index (χ1v) is 13.8. The van der Waals surface area contributed by atoms with Crippen LogP contribution in [0.5, 0.6) is 0 Å². The van der Waals surface area contributed by atoms with E-state index in [4.69, 9.17) is 9.47 Å². The number of carbonyl (C=O) groups is 3. The molecule has 0 unspecified atom stereocenters. The molecule has 38 heavy (non-hydrogen) atoms. The van der Waals surface area contributed by atoms with E-state index < -0.39 is 60.1 Å². The molecule has 0 aromatic carbocycles. The maximum absolute atomic E-state index is 13.8. The summed E-state index contributed by atoms with van der Waals surface area (Å²) >= 11 is 0.